The minimum Gasteiger partial charge on any atom is -0.434 e. The second kappa shape index (κ2) is 8.11. The fraction of sp³-hybridized carbons (Fsp3) is 0.389. The lowest BCUT2D eigenvalue weighted by atomic mass is 9.87. The smallest absolute Gasteiger partial charge is 0.434 e. The first-order chi connectivity index (χ1) is 11.8. The normalized spacial score (nSPS) is 12.3. The minimum atomic E-state index is -0.765. The Kier molecular flexibility index (Phi) is 6.14. The Bertz CT molecular complexity index is 722. The lowest BCUT2D eigenvalue weighted by Crippen LogP contribution is -2.36. The third-order valence-electron chi connectivity index (χ3n) is 3.37. The van der Waals surface area contributed by atoms with Crippen LogP contribution < -0.4 is 10.1 Å². The van der Waals surface area contributed by atoms with Crippen molar-refractivity contribution < 1.29 is 19.1 Å². The molecule has 6 nitrogen and oxygen atoms in total. The Hall–Kier alpha value is -2.41. The van der Waals surface area contributed by atoms with Crippen molar-refractivity contribution in [1.29, 1.82) is 0 Å². The first kappa shape index (κ1) is 18.9. The molecule has 1 amide bonds. The zero-order valence-corrected chi connectivity index (χ0v) is 15.6. The highest BCUT2D eigenvalue weighted by atomic mass is 32.1. The first-order valence-electron chi connectivity index (χ1n) is 7.97. The topological polar surface area (TPSA) is 77.5 Å². The van der Waals surface area contributed by atoms with Crippen LogP contribution in [-0.2, 0) is 4.74 Å². The van der Waals surface area contributed by atoms with Gasteiger partial charge in [0, 0.05) is 5.56 Å². The van der Waals surface area contributed by atoms with Crippen LogP contribution in [0.1, 0.15) is 49.1 Å². The molecule has 0 saturated carbocycles. The second-order valence-electron chi connectivity index (χ2n) is 6.44. The van der Waals surface area contributed by atoms with Crippen LogP contribution in [0.2, 0.25) is 0 Å². The fourth-order valence-corrected chi connectivity index (χ4v) is 3.19. The van der Waals surface area contributed by atoms with Gasteiger partial charge < -0.3 is 14.8 Å². The maximum atomic E-state index is 12.5. The van der Waals surface area contributed by atoms with Crippen molar-refractivity contribution in [2.24, 2.45) is 5.41 Å². The van der Waals surface area contributed by atoms with Gasteiger partial charge in [0.05, 0.1) is 18.8 Å². The highest BCUT2D eigenvalue weighted by Crippen LogP contribution is 2.37. The Labute approximate surface area is 151 Å². The standard InChI is InChI=1S/C18H22N2O4S/c1-5-23-17(22)24-13-11-19-16(25-13)14(18(2,3)4)20-15(21)12-9-7-6-8-10-12/h6-11,14H,5H2,1-4H3,(H,20,21). The molecule has 25 heavy (non-hydrogen) atoms. The fourth-order valence-electron chi connectivity index (χ4n) is 2.13. The van der Waals surface area contributed by atoms with Crippen molar-refractivity contribution in [2.75, 3.05) is 6.61 Å². The molecule has 0 spiro atoms. The largest absolute Gasteiger partial charge is 0.514 e. The average Bonchev–Trinajstić information content (AvgIpc) is 3.00. The molecular weight excluding hydrogens is 340 g/mol. The van der Waals surface area contributed by atoms with Crippen LogP contribution in [0, 0.1) is 5.41 Å². The summed E-state index contributed by atoms with van der Waals surface area (Å²) < 4.78 is 9.82. The molecule has 1 aromatic carbocycles. The highest BCUT2D eigenvalue weighted by molar-refractivity contribution is 7.13. The van der Waals surface area contributed by atoms with Gasteiger partial charge in [-0.05, 0) is 24.5 Å². The summed E-state index contributed by atoms with van der Waals surface area (Å²) in [5, 5.41) is 4.01. The van der Waals surface area contributed by atoms with Crippen molar-refractivity contribution >= 4 is 23.4 Å². The molecule has 0 saturated heterocycles. The van der Waals surface area contributed by atoms with E-state index in [1.165, 1.54) is 17.5 Å². The van der Waals surface area contributed by atoms with Gasteiger partial charge in [0.15, 0.2) is 0 Å². The lowest BCUT2D eigenvalue weighted by Gasteiger charge is -2.29. The summed E-state index contributed by atoms with van der Waals surface area (Å²) in [4.78, 5) is 28.2. The summed E-state index contributed by atoms with van der Waals surface area (Å²) in [5.41, 5.74) is 0.306. The van der Waals surface area contributed by atoms with Gasteiger partial charge in [-0.2, -0.15) is 0 Å². The molecule has 0 aliphatic rings. The molecule has 7 heteroatoms. The van der Waals surface area contributed by atoms with E-state index in [2.05, 4.69) is 10.3 Å². The molecule has 2 aromatic rings. The number of nitrogens with zero attached hydrogens (tertiary/aromatic N) is 1. The lowest BCUT2D eigenvalue weighted by molar-refractivity contribution is 0.0901. The van der Waals surface area contributed by atoms with Crippen LogP contribution in [0.4, 0.5) is 4.79 Å². The Morgan fingerprint density at radius 2 is 1.92 bits per heavy atom. The number of aromatic nitrogens is 1. The average molecular weight is 362 g/mol. The number of carbonyl (C=O) groups is 2. The minimum absolute atomic E-state index is 0.177. The van der Waals surface area contributed by atoms with E-state index in [0.717, 1.165) is 0 Å². The zero-order chi connectivity index (χ0) is 18.4. The third kappa shape index (κ3) is 5.29. The van der Waals surface area contributed by atoms with Crippen LogP contribution in [-0.4, -0.2) is 23.7 Å². The van der Waals surface area contributed by atoms with Gasteiger partial charge in [-0.15, -0.1) is 0 Å². The Balaban J connectivity index is 2.17. The van der Waals surface area contributed by atoms with Crippen molar-refractivity contribution in [3.63, 3.8) is 0 Å². The third-order valence-corrected chi connectivity index (χ3v) is 4.31. The van der Waals surface area contributed by atoms with E-state index in [1.807, 2.05) is 39.0 Å². The van der Waals surface area contributed by atoms with E-state index in [-0.39, 0.29) is 24.0 Å². The summed E-state index contributed by atoms with van der Waals surface area (Å²) in [6, 6.07) is 8.67. The van der Waals surface area contributed by atoms with E-state index >= 15 is 0 Å². The van der Waals surface area contributed by atoms with E-state index in [9.17, 15) is 9.59 Å². The van der Waals surface area contributed by atoms with Crippen molar-refractivity contribution in [3.8, 4) is 5.06 Å². The van der Waals surface area contributed by atoms with Gasteiger partial charge in [0.1, 0.15) is 5.01 Å². The molecule has 2 rings (SSSR count). The molecule has 134 valence electrons. The van der Waals surface area contributed by atoms with E-state index in [0.29, 0.717) is 15.6 Å². The molecule has 0 aliphatic carbocycles. The van der Waals surface area contributed by atoms with E-state index < -0.39 is 6.16 Å². The Morgan fingerprint density at radius 3 is 2.52 bits per heavy atom. The maximum absolute atomic E-state index is 12.5. The van der Waals surface area contributed by atoms with E-state index in [1.54, 1.807) is 19.1 Å². The number of carbonyl (C=O) groups excluding carboxylic acids is 2. The van der Waals surface area contributed by atoms with Crippen molar-refractivity contribution in [1.82, 2.24) is 10.3 Å². The van der Waals surface area contributed by atoms with E-state index in [4.69, 9.17) is 9.47 Å². The highest BCUT2D eigenvalue weighted by Gasteiger charge is 2.31. The molecule has 0 radical (unpaired) electrons. The summed E-state index contributed by atoms with van der Waals surface area (Å²) >= 11 is 1.21. The van der Waals surface area contributed by atoms with Gasteiger partial charge in [0.2, 0.25) is 5.06 Å². The van der Waals surface area contributed by atoms with Crippen LogP contribution >= 0.6 is 11.3 Å². The van der Waals surface area contributed by atoms with Crippen LogP contribution in [0.25, 0.3) is 0 Å². The predicted octanol–water partition coefficient (Wildman–Crippen LogP) is 4.20. The first-order valence-corrected chi connectivity index (χ1v) is 8.79. The van der Waals surface area contributed by atoms with Crippen LogP contribution in [0.3, 0.4) is 0 Å². The molecule has 0 fully saturated rings. The predicted molar refractivity (Wildman–Crippen MR) is 95.9 cm³/mol. The Morgan fingerprint density at radius 1 is 1.24 bits per heavy atom. The maximum Gasteiger partial charge on any atom is 0.514 e. The van der Waals surface area contributed by atoms with Gasteiger partial charge in [-0.25, -0.2) is 9.78 Å². The molecular formula is C18H22N2O4S. The van der Waals surface area contributed by atoms with Crippen molar-refractivity contribution in [2.45, 2.75) is 33.7 Å². The number of benzene rings is 1. The molecule has 1 atom stereocenters. The van der Waals surface area contributed by atoms with Gasteiger partial charge >= 0.3 is 6.16 Å². The van der Waals surface area contributed by atoms with Crippen molar-refractivity contribution in [3.05, 3.63) is 47.1 Å². The summed E-state index contributed by atoms with van der Waals surface area (Å²) in [7, 11) is 0. The quantitative estimate of drug-likeness (QED) is 0.807. The number of hydrogen-bond acceptors (Lipinski definition) is 6. The molecule has 1 aromatic heterocycles. The SMILES string of the molecule is CCOC(=O)Oc1cnc(C(NC(=O)c2ccccc2)C(C)(C)C)s1. The number of nitrogens with one attached hydrogen (secondary N) is 1. The summed E-state index contributed by atoms with van der Waals surface area (Å²) in [6.07, 6.45) is 0.697. The monoisotopic (exact) mass is 362 g/mol. The van der Waals surface area contributed by atoms with Gasteiger partial charge in [-0.3, -0.25) is 4.79 Å². The molecule has 1 heterocycles. The molecule has 1 N–H and O–H groups in total. The van der Waals surface area contributed by atoms with Gasteiger partial charge in [-0.1, -0.05) is 50.3 Å². The molecule has 0 aliphatic heterocycles. The molecule has 1 unspecified atom stereocenters. The number of ether oxygens (including phenoxy) is 2. The number of rotatable bonds is 5. The molecule has 0 bridgehead atoms. The van der Waals surface area contributed by atoms with Crippen LogP contribution in [0.15, 0.2) is 36.5 Å². The second-order valence-corrected chi connectivity index (χ2v) is 7.47. The number of thiazole rings is 1. The van der Waals surface area contributed by atoms with Crippen LogP contribution in [0.5, 0.6) is 5.06 Å². The van der Waals surface area contributed by atoms with Gasteiger partial charge in [0.25, 0.3) is 5.91 Å². The summed E-state index contributed by atoms with van der Waals surface area (Å²) in [5.74, 6) is -0.177. The zero-order valence-electron chi connectivity index (χ0n) is 14.7. The number of hydrogen-bond donors (Lipinski definition) is 1. The number of amides is 1. The summed E-state index contributed by atoms with van der Waals surface area (Å²) in [6.45, 7) is 7.97.